The van der Waals surface area contributed by atoms with Crippen LogP contribution < -0.4 is 5.32 Å². The number of hydrogen-bond acceptors (Lipinski definition) is 6. The van der Waals surface area contributed by atoms with Crippen molar-refractivity contribution < 1.29 is 9.53 Å². The fourth-order valence-electron chi connectivity index (χ4n) is 3.63. The number of carbonyl (C=O) groups is 1. The van der Waals surface area contributed by atoms with Crippen molar-refractivity contribution in [3.8, 4) is 0 Å². The van der Waals surface area contributed by atoms with Crippen LogP contribution in [0.5, 0.6) is 0 Å². The number of hydrogen-bond donors (Lipinski definition) is 1. The summed E-state index contributed by atoms with van der Waals surface area (Å²) in [5, 5.41) is 4.03. The maximum absolute atomic E-state index is 12.8. The third-order valence-electron chi connectivity index (χ3n) is 5.27. The van der Waals surface area contributed by atoms with Gasteiger partial charge in [0.2, 0.25) is 5.91 Å². The number of ether oxygens (including phenoxy) is 1. The fourth-order valence-corrected chi connectivity index (χ4v) is 4.08. The number of thioether (sulfide) groups is 1. The van der Waals surface area contributed by atoms with Crippen LogP contribution in [0.2, 0.25) is 0 Å². The largest absolute Gasteiger partial charge is 0.379 e. The van der Waals surface area contributed by atoms with Crippen LogP contribution in [0.4, 0.5) is 0 Å². The Morgan fingerprint density at radius 3 is 2.45 bits per heavy atom. The molecule has 0 aliphatic carbocycles. The van der Waals surface area contributed by atoms with E-state index >= 15 is 0 Å². The number of benzene rings is 1. The number of amides is 1. The van der Waals surface area contributed by atoms with Crippen LogP contribution in [-0.2, 0) is 16.0 Å². The van der Waals surface area contributed by atoms with Gasteiger partial charge in [0.05, 0.1) is 19.3 Å². The van der Waals surface area contributed by atoms with Gasteiger partial charge < -0.3 is 10.1 Å². The first-order valence-corrected chi connectivity index (χ1v) is 11.3. The molecule has 0 saturated carbocycles. The molecule has 2 heterocycles. The second-order valence-corrected chi connectivity index (χ2v) is 8.08. The molecule has 1 atom stereocenters. The van der Waals surface area contributed by atoms with Gasteiger partial charge in [-0.2, -0.15) is 0 Å². The van der Waals surface area contributed by atoms with E-state index in [2.05, 4.69) is 32.3 Å². The standard InChI is InChI=1S/C22H30N4O2S/c1-16-19(17(2)24-22(23-16)29-3)9-10-21(27)25-20(18-7-5-4-6-8-18)15-26-11-13-28-14-12-26/h4-8,20H,9-15H2,1-3H3,(H,25,27)/t20-/m1/s1. The molecule has 0 radical (unpaired) electrons. The van der Waals surface area contributed by atoms with Crippen molar-refractivity contribution in [3.63, 3.8) is 0 Å². The maximum Gasteiger partial charge on any atom is 0.220 e. The van der Waals surface area contributed by atoms with Gasteiger partial charge in [-0.25, -0.2) is 9.97 Å². The number of aryl methyl sites for hydroxylation is 2. The number of nitrogens with one attached hydrogen (secondary N) is 1. The molecule has 1 N–H and O–H groups in total. The average Bonchev–Trinajstić information content (AvgIpc) is 2.74. The van der Waals surface area contributed by atoms with Crippen LogP contribution >= 0.6 is 11.8 Å². The summed E-state index contributed by atoms with van der Waals surface area (Å²) in [6.45, 7) is 8.08. The van der Waals surface area contributed by atoms with E-state index in [1.54, 1.807) is 0 Å². The molecule has 1 aliphatic heterocycles. The van der Waals surface area contributed by atoms with Crippen molar-refractivity contribution in [1.82, 2.24) is 20.2 Å². The summed E-state index contributed by atoms with van der Waals surface area (Å²) in [6, 6.07) is 10.2. The van der Waals surface area contributed by atoms with Crippen LogP contribution in [0.15, 0.2) is 35.5 Å². The molecular formula is C22H30N4O2S. The average molecular weight is 415 g/mol. The molecule has 3 rings (SSSR count). The second kappa shape index (κ2) is 10.7. The Morgan fingerprint density at radius 1 is 1.17 bits per heavy atom. The number of morpholine rings is 1. The van der Waals surface area contributed by atoms with E-state index in [-0.39, 0.29) is 11.9 Å². The van der Waals surface area contributed by atoms with Gasteiger partial charge in [0.15, 0.2) is 5.16 Å². The first-order chi connectivity index (χ1) is 14.1. The van der Waals surface area contributed by atoms with Gasteiger partial charge in [-0.15, -0.1) is 0 Å². The van der Waals surface area contributed by atoms with Crippen LogP contribution in [0.1, 0.15) is 35.0 Å². The molecule has 1 saturated heterocycles. The van der Waals surface area contributed by atoms with Gasteiger partial charge >= 0.3 is 0 Å². The van der Waals surface area contributed by atoms with E-state index in [4.69, 9.17) is 4.74 Å². The van der Waals surface area contributed by atoms with Crippen LogP contribution in [0.25, 0.3) is 0 Å². The lowest BCUT2D eigenvalue weighted by molar-refractivity contribution is -0.122. The molecule has 1 amide bonds. The number of nitrogens with zero attached hydrogens (tertiary/aromatic N) is 3. The normalized spacial score (nSPS) is 15.8. The minimum absolute atomic E-state index is 0.0286. The highest BCUT2D eigenvalue weighted by Crippen LogP contribution is 2.19. The summed E-state index contributed by atoms with van der Waals surface area (Å²) >= 11 is 1.54. The Kier molecular flexibility index (Phi) is 8.03. The highest BCUT2D eigenvalue weighted by Gasteiger charge is 2.20. The van der Waals surface area contributed by atoms with Gasteiger partial charge in [-0.3, -0.25) is 9.69 Å². The van der Waals surface area contributed by atoms with Crippen molar-refractivity contribution in [2.75, 3.05) is 39.1 Å². The van der Waals surface area contributed by atoms with Crippen molar-refractivity contribution in [2.24, 2.45) is 0 Å². The SMILES string of the molecule is CSc1nc(C)c(CCC(=O)N[C@H](CN2CCOCC2)c2ccccc2)c(C)n1. The van der Waals surface area contributed by atoms with Gasteiger partial charge in [0.25, 0.3) is 0 Å². The van der Waals surface area contributed by atoms with Crippen molar-refractivity contribution >= 4 is 17.7 Å². The molecule has 0 bridgehead atoms. The van der Waals surface area contributed by atoms with Crippen molar-refractivity contribution in [1.29, 1.82) is 0 Å². The summed E-state index contributed by atoms with van der Waals surface area (Å²) in [6.07, 6.45) is 3.05. The van der Waals surface area contributed by atoms with E-state index in [1.807, 2.05) is 38.3 Å². The van der Waals surface area contributed by atoms with Crippen LogP contribution in [0, 0.1) is 13.8 Å². The predicted octanol–water partition coefficient (Wildman–Crippen LogP) is 2.94. The minimum atomic E-state index is -0.0286. The zero-order chi connectivity index (χ0) is 20.6. The monoisotopic (exact) mass is 414 g/mol. The number of aromatic nitrogens is 2. The lowest BCUT2D eigenvalue weighted by Gasteiger charge is -2.31. The van der Waals surface area contributed by atoms with E-state index in [0.717, 1.165) is 60.5 Å². The lowest BCUT2D eigenvalue weighted by atomic mass is 10.0. The molecule has 2 aromatic rings. The predicted molar refractivity (Wildman–Crippen MR) is 116 cm³/mol. The Balaban J connectivity index is 1.64. The quantitative estimate of drug-likeness (QED) is 0.529. The maximum atomic E-state index is 12.8. The van der Waals surface area contributed by atoms with Gasteiger partial charge in [-0.05, 0) is 37.7 Å². The summed E-state index contributed by atoms with van der Waals surface area (Å²) in [5.41, 5.74) is 4.12. The molecule has 1 aliphatic rings. The summed E-state index contributed by atoms with van der Waals surface area (Å²) < 4.78 is 5.45. The zero-order valence-electron chi connectivity index (χ0n) is 17.5. The molecule has 1 fully saturated rings. The Morgan fingerprint density at radius 2 is 1.83 bits per heavy atom. The van der Waals surface area contributed by atoms with Crippen molar-refractivity contribution in [2.45, 2.75) is 37.9 Å². The summed E-state index contributed by atoms with van der Waals surface area (Å²) in [4.78, 5) is 24.2. The van der Waals surface area contributed by atoms with Crippen LogP contribution in [0.3, 0.4) is 0 Å². The first-order valence-electron chi connectivity index (χ1n) is 10.1. The molecule has 1 aromatic heterocycles. The van der Waals surface area contributed by atoms with E-state index in [9.17, 15) is 4.79 Å². The Hall–Kier alpha value is -1.96. The molecule has 6 nitrogen and oxygen atoms in total. The van der Waals surface area contributed by atoms with Gasteiger partial charge in [0.1, 0.15) is 0 Å². The molecule has 0 spiro atoms. The summed E-state index contributed by atoms with van der Waals surface area (Å²) in [7, 11) is 0. The minimum Gasteiger partial charge on any atom is -0.379 e. The van der Waals surface area contributed by atoms with E-state index in [1.165, 1.54) is 11.8 Å². The molecule has 156 valence electrons. The third-order valence-corrected chi connectivity index (χ3v) is 5.81. The van der Waals surface area contributed by atoms with Crippen molar-refractivity contribution in [3.05, 3.63) is 52.8 Å². The molecule has 7 heteroatoms. The smallest absolute Gasteiger partial charge is 0.220 e. The molecular weight excluding hydrogens is 384 g/mol. The van der Waals surface area contributed by atoms with Gasteiger partial charge in [-0.1, -0.05) is 42.1 Å². The second-order valence-electron chi connectivity index (χ2n) is 7.30. The molecule has 0 unspecified atom stereocenters. The molecule has 29 heavy (non-hydrogen) atoms. The lowest BCUT2D eigenvalue weighted by Crippen LogP contribution is -2.43. The molecule has 1 aromatic carbocycles. The number of rotatable bonds is 8. The number of carbonyl (C=O) groups excluding carboxylic acids is 1. The van der Waals surface area contributed by atoms with E-state index in [0.29, 0.717) is 12.8 Å². The topological polar surface area (TPSA) is 67.4 Å². The fraction of sp³-hybridized carbons (Fsp3) is 0.500. The Bertz CT molecular complexity index is 787. The highest BCUT2D eigenvalue weighted by atomic mass is 32.2. The highest BCUT2D eigenvalue weighted by molar-refractivity contribution is 7.98. The Labute approximate surface area is 177 Å². The third kappa shape index (κ3) is 6.26. The first kappa shape index (κ1) is 21.7. The summed E-state index contributed by atoms with van der Waals surface area (Å²) in [5.74, 6) is 0.0554. The van der Waals surface area contributed by atoms with Gasteiger partial charge in [0, 0.05) is 37.4 Å². The zero-order valence-corrected chi connectivity index (χ0v) is 18.3. The van der Waals surface area contributed by atoms with Crippen LogP contribution in [-0.4, -0.2) is 59.9 Å². The van der Waals surface area contributed by atoms with E-state index < -0.39 is 0 Å².